The summed E-state index contributed by atoms with van der Waals surface area (Å²) in [6, 6.07) is 29.0. The summed E-state index contributed by atoms with van der Waals surface area (Å²) < 4.78 is 0. The first-order valence-corrected chi connectivity index (χ1v) is 30.1. The van der Waals surface area contributed by atoms with Crippen LogP contribution in [0.15, 0.2) is 150 Å². The van der Waals surface area contributed by atoms with Gasteiger partial charge in [0.2, 0.25) is 0 Å². The molecule has 0 bridgehead atoms. The Labute approximate surface area is 535 Å². The van der Waals surface area contributed by atoms with Gasteiger partial charge in [0.15, 0.2) is 0 Å². The van der Waals surface area contributed by atoms with Crippen LogP contribution in [0.25, 0.3) is 44.6 Å². The predicted molar refractivity (Wildman–Crippen MR) is 374 cm³/mol. The molecule has 0 saturated heterocycles. The van der Waals surface area contributed by atoms with Crippen LogP contribution in [0.4, 0.5) is 0 Å². The van der Waals surface area contributed by atoms with Gasteiger partial charge in [-0.05, 0) is 275 Å². The molecule has 0 radical (unpaired) electrons. The van der Waals surface area contributed by atoms with Crippen LogP contribution in [0.2, 0.25) is 0 Å². The quantitative estimate of drug-likeness (QED) is 0.0277. The molecule has 0 amide bonds. The van der Waals surface area contributed by atoms with Crippen molar-refractivity contribution in [1.29, 1.82) is 0 Å². The fourth-order valence-corrected chi connectivity index (χ4v) is 11.6. The molecule has 0 aliphatic carbocycles. The SMILES string of the molecule is C=C(C)c1cc(CO)c(O)c(Cc2cc(C(=C)C)cc(Cc3cc(C(=C)C)cc(Cc4cc(C(=C)C)cc(Cc5cc(C(=C)C)cc(Cc6cc(C(=C)C)cc(Cc7cc(C(=C)C)cc(Cc8cc(C(=C)C)cc(CO)c8O)c7O)c6O)c5O)c4O)c3O)c2O)c1. The number of phenolic OH excluding ortho intramolecular Hbond substituents is 6. The van der Waals surface area contributed by atoms with E-state index in [1.54, 1.807) is 24.3 Å². The standard InChI is InChI=1S/C81H84O10/c1-42(2)50-17-58(74(84)60(19-50)34-62-21-52(44(5)6)23-64(76(62)86)36-66-25-54(46(9)10)27-68(78(66)88)38-70-29-56(48(13)14)31-72(40-82)80(70)90)33-59-18-51(43(3)4)20-61(75(59)85)35-63-22-53(45(7)8)24-65(77(63)87)37-67-26-55(47(11)12)28-69(79(67)89)39-71-30-57(49(15)16)32-73(41-83)81(71)91/h17-32,82-91H,1,3,5,7,9,11,13,15,33-41H2,2,4,6,8,10,12,14,16H3. The number of hydrogen-bond donors (Lipinski definition) is 10. The summed E-state index contributed by atoms with van der Waals surface area (Å²) in [5.41, 5.74) is 19.2. The van der Waals surface area contributed by atoms with Crippen molar-refractivity contribution >= 4 is 44.6 Å². The number of phenols is 8. The summed E-state index contributed by atoms with van der Waals surface area (Å²) in [6.45, 7) is 47.5. The van der Waals surface area contributed by atoms with Gasteiger partial charge in [-0.2, -0.15) is 0 Å². The number of hydrogen-bond acceptors (Lipinski definition) is 10. The molecule has 10 heteroatoms. The maximum Gasteiger partial charge on any atom is 0.124 e. The summed E-state index contributed by atoms with van der Waals surface area (Å²) >= 11 is 0. The second-order valence-electron chi connectivity index (χ2n) is 24.9. The third-order valence-corrected chi connectivity index (χ3v) is 17.1. The van der Waals surface area contributed by atoms with Crippen molar-refractivity contribution in [3.63, 3.8) is 0 Å². The summed E-state index contributed by atoms with van der Waals surface area (Å²) in [6.07, 6.45) is 0.584. The molecular formula is C81H84O10. The van der Waals surface area contributed by atoms with Crippen LogP contribution >= 0.6 is 0 Å². The summed E-state index contributed by atoms with van der Waals surface area (Å²) in [7, 11) is 0. The van der Waals surface area contributed by atoms with Crippen molar-refractivity contribution in [1.82, 2.24) is 0 Å². The molecule has 8 rings (SSSR count). The Morgan fingerprint density at radius 2 is 0.286 bits per heavy atom. The Bertz CT molecular complexity index is 4110. The third-order valence-electron chi connectivity index (χ3n) is 17.1. The minimum Gasteiger partial charge on any atom is -0.507 e. The third kappa shape index (κ3) is 14.7. The topological polar surface area (TPSA) is 202 Å². The molecule has 0 saturated carbocycles. The zero-order valence-corrected chi connectivity index (χ0v) is 53.7. The van der Waals surface area contributed by atoms with Gasteiger partial charge >= 0.3 is 0 Å². The molecule has 8 aromatic rings. The van der Waals surface area contributed by atoms with E-state index in [0.717, 1.165) is 77.9 Å². The smallest absolute Gasteiger partial charge is 0.124 e. The van der Waals surface area contributed by atoms with E-state index in [1.807, 2.05) is 128 Å². The van der Waals surface area contributed by atoms with Crippen molar-refractivity contribution in [2.75, 3.05) is 0 Å². The van der Waals surface area contributed by atoms with Crippen LogP contribution in [0, 0.1) is 0 Å². The van der Waals surface area contributed by atoms with Gasteiger partial charge in [0.1, 0.15) is 46.0 Å². The normalized spacial score (nSPS) is 11.2. The van der Waals surface area contributed by atoms with E-state index in [1.165, 1.54) is 0 Å². The van der Waals surface area contributed by atoms with E-state index < -0.39 is 0 Å². The van der Waals surface area contributed by atoms with Crippen molar-refractivity contribution < 1.29 is 51.1 Å². The number of aliphatic hydroxyl groups excluding tert-OH is 2. The molecule has 10 N–H and O–H groups in total. The van der Waals surface area contributed by atoms with E-state index in [-0.39, 0.29) is 104 Å². The Balaban J connectivity index is 1.16. The molecule has 0 unspecified atom stereocenters. The highest BCUT2D eigenvalue weighted by atomic mass is 16.3. The molecule has 0 aliphatic rings. The largest absolute Gasteiger partial charge is 0.507 e. The highest BCUT2D eigenvalue weighted by Gasteiger charge is 2.25. The second-order valence-corrected chi connectivity index (χ2v) is 24.9. The predicted octanol–water partition coefficient (Wildman–Crippen LogP) is 17.7. The molecule has 0 spiro atoms. The lowest BCUT2D eigenvalue weighted by atomic mass is 9.87. The van der Waals surface area contributed by atoms with Crippen molar-refractivity contribution in [3.8, 4) is 46.0 Å². The zero-order chi connectivity index (χ0) is 66.8. The van der Waals surface area contributed by atoms with E-state index in [0.29, 0.717) is 100 Å². The van der Waals surface area contributed by atoms with Gasteiger partial charge in [-0.3, -0.25) is 0 Å². The second kappa shape index (κ2) is 27.4. The number of benzene rings is 8. The van der Waals surface area contributed by atoms with Gasteiger partial charge in [0, 0.05) is 56.1 Å². The molecule has 91 heavy (non-hydrogen) atoms. The summed E-state index contributed by atoms with van der Waals surface area (Å²) in [5, 5.41) is 116. The molecule has 0 fully saturated rings. The van der Waals surface area contributed by atoms with Gasteiger partial charge in [0.25, 0.3) is 0 Å². The molecule has 10 nitrogen and oxygen atoms in total. The van der Waals surface area contributed by atoms with Crippen LogP contribution < -0.4 is 0 Å². The molecule has 468 valence electrons. The molecule has 0 heterocycles. The van der Waals surface area contributed by atoms with Crippen molar-refractivity contribution in [2.24, 2.45) is 0 Å². The van der Waals surface area contributed by atoms with Gasteiger partial charge < -0.3 is 51.1 Å². The lowest BCUT2D eigenvalue weighted by Gasteiger charge is -2.20. The number of allylic oxidation sites excluding steroid dienone is 8. The van der Waals surface area contributed by atoms with Crippen LogP contribution in [0.3, 0.4) is 0 Å². The fraction of sp³-hybridized carbons (Fsp3) is 0.210. The van der Waals surface area contributed by atoms with Crippen molar-refractivity contribution in [2.45, 2.75) is 114 Å². The van der Waals surface area contributed by atoms with Gasteiger partial charge in [0.05, 0.1) is 13.2 Å². The fourth-order valence-electron chi connectivity index (χ4n) is 11.6. The Kier molecular flexibility index (Phi) is 20.2. The average molecular weight is 1220 g/mol. The van der Waals surface area contributed by atoms with Gasteiger partial charge in [-0.15, -0.1) is 0 Å². The molecule has 0 aromatic heterocycles. The number of aliphatic hydroxyl groups is 2. The Hall–Kier alpha value is -10.00. The van der Waals surface area contributed by atoms with Crippen LogP contribution in [0.1, 0.15) is 189 Å². The Morgan fingerprint density at radius 1 is 0.198 bits per heavy atom. The maximum absolute atomic E-state index is 12.4. The van der Waals surface area contributed by atoms with Crippen LogP contribution in [-0.4, -0.2) is 51.1 Å². The highest BCUT2D eigenvalue weighted by molar-refractivity contribution is 5.74. The maximum atomic E-state index is 12.4. The van der Waals surface area contributed by atoms with E-state index >= 15 is 0 Å². The lowest BCUT2D eigenvalue weighted by Crippen LogP contribution is -2.03. The van der Waals surface area contributed by atoms with Crippen molar-refractivity contribution in [3.05, 3.63) is 283 Å². The molecule has 8 aromatic carbocycles. The minimum absolute atomic E-state index is 0.0326. The zero-order valence-electron chi connectivity index (χ0n) is 53.7. The molecular weight excluding hydrogens is 1130 g/mol. The van der Waals surface area contributed by atoms with Crippen LogP contribution in [-0.2, 0) is 58.2 Å². The Morgan fingerprint density at radius 3 is 0.374 bits per heavy atom. The monoisotopic (exact) mass is 1220 g/mol. The van der Waals surface area contributed by atoms with Gasteiger partial charge in [-0.25, -0.2) is 0 Å². The van der Waals surface area contributed by atoms with Gasteiger partial charge in [-0.1, -0.05) is 97.2 Å². The number of aromatic hydroxyl groups is 8. The minimum atomic E-state index is -0.389. The average Bonchev–Trinajstić information content (AvgIpc) is 1.14. The molecule has 0 atom stereocenters. The first-order chi connectivity index (χ1) is 42.9. The number of rotatable bonds is 24. The first-order valence-electron chi connectivity index (χ1n) is 30.1. The van der Waals surface area contributed by atoms with Crippen LogP contribution in [0.5, 0.6) is 46.0 Å². The first kappa shape index (κ1) is 66.9. The lowest BCUT2D eigenvalue weighted by molar-refractivity contribution is 0.275. The molecule has 0 aliphatic heterocycles. The van der Waals surface area contributed by atoms with E-state index in [4.69, 9.17) is 0 Å². The summed E-state index contributed by atoms with van der Waals surface area (Å²) in [5.74, 6) is -0.432. The summed E-state index contributed by atoms with van der Waals surface area (Å²) in [4.78, 5) is 0. The highest BCUT2D eigenvalue weighted by Crippen LogP contribution is 2.43. The van der Waals surface area contributed by atoms with E-state index in [9.17, 15) is 51.1 Å². The van der Waals surface area contributed by atoms with E-state index in [2.05, 4.69) is 52.6 Å².